The standard InChI is InChI=1S/C13H16N4O/c14-5-4-13(2-3-13)9-17-12(18)7-10-8-15-6-1-11(10)16-17/h7,15H,1-4,6,8-9H2. The predicted molar refractivity (Wildman–Crippen MR) is 65.8 cm³/mol. The summed E-state index contributed by atoms with van der Waals surface area (Å²) in [6.45, 7) is 2.25. The quantitative estimate of drug-likeness (QED) is 0.844. The van der Waals surface area contributed by atoms with Gasteiger partial charge in [-0.05, 0) is 18.4 Å². The lowest BCUT2D eigenvalue weighted by Gasteiger charge is -2.18. The average Bonchev–Trinajstić information content (AvgIpc) is 3.10. The highest BCUT2D eigenvalue weighted by Gasteiger charge is 2.43. The van der Waals surface area contributed by atoms with E-state index in [1.807, 2.05) is 0 Å². The van der Waals surface area contributed by atoms with Crippen LogP contribution in [0, 0.1) is 16.7 Å². The van der Waals surface area contributed by atoms with Gasteiger partial charge in [0.15, 0.2) is 0 Å². The third kappa shape index (κ3) is 2.04. The number of nitrogens with one attached hydrogen (secondary N) is 1. The Kier molecular flexibility index (Phi) is 2.67. The van der Waals surface area contributed by atoms with Gasteiger partial charge in [-0.3, -0.25) is 4.79 Å². The lowest BCUT2D eigenvalue weighted by atomic mass is 10.0. The van der Waals surface area contributed by atoms with E-state index in [1.165, 1.54) is 0 Å². The van der Waals surface area contributed by atoms with Crippen LogP contribution in [0.25, 0.3) is 0 Å². The van der Waals surface area contributed by atoms with Crippen LogP contribution in [0.4, 0.5) is 0 Å². The second-order valence-corrected chi connectivity index (χ2v) is 5.37. The monoisotopic (exact) mass is 244 g/mol. The fraction of sp³-hybridized carbons (Fsp3) is 0.615. The molecule has 0 spiro atoms. The molecule has 5 nitrogen and oxygen atoms in total. The van der Waals surface area contributed by atoms with E-state index in [0.717, 1.165) is 43.6 Å². The SMILES string of the molecule is N#CCC1(Cn2nc3c(cc2=O)CNCC3)CC1. The van der Waals surface area contributed by atoms with E-state index in [0.29, 0.717) is 13.0 Å². The molecule has 2 heterocycles. The third-order valence-electron chi connectivity index (χ3n) is 3.91. The van der Waals surface area contributed by atoms with E-state index in [1.54, 1.807) is 10.7 Å². The van der Waals surface area contributed by atoms with Crippen molar-refractivity contribution in [2.24, 2.45) is 5.41 Å². The van der Waals surface area contributed by atoms with Crippen LogP contribution in [0.3, 0.4) is 0 Å². The maximum Gasteiger partial charge on any atom is 0.267 e. The molecular formula is C13H16N4O. The molecule has 0 bridgehead atoms. The number of hydrogen-bond acceptors (Lipinski definition) is 4. The molecule has 0 aromatic carbocycles. The summed E-state index contributed by atoms with van der Waals surface area (Å²) in [7, 11) is 0. The first kappa shape index (κ1) is 11.4. The molecule has 1 aliphatic heterocycles. The highest BCUT2D eigenvalue weighted by atomic mass is 16.1. The number of aromatic nitrogens is 2. The van der Waals surface area contributed by atoms with E-state index in [2.05, 4.69) is 16.5 Å². The molecule has 0 unspecified atom stereocenters. The fourth-order valence-corrected chi connectivity index (χ4v) is 2.53. The Bertz CT molecular complexity index is 565. The van der Waals surface area contributed by atoms with Crippen LogP contribution in [0.2, 0.25) is 0 Å². The van der Waals surface area contributed by atoms with Gasteiger partial charge in [-0.1, -0.05) is 0 Å². The molecule has 1 N–H and O–H groups in total. The van der Waals surface area contributed by atoms with Gasteiger partial charge in [-0.25, -0.2) is 4.68 Å². The van der Waals surface area contributed by atoms with Gasteiger partial charge in [0.25, 0.3) is 5.56 Å². The van der Waals surface area contributed by atoms with Crippen molar-refractivity contribution in [1.29, 1.82) is 5.26 Å². The third-order valence-corrected chi connectivity index (χ3v) is 3.91. The summed E-state index contributed by atoms with van der Waals surface area (Å²) in [6.07, 6.45) is 3.47. The zero-order valence-corrected chi connectivity index (χ0v) is 10.3. The highest BCUT2D eigenvalue weighted by Crippen LogP contribution is 2.49. The Morgan fingerprint density at radius 1 is 1.56 bits per heavy atom. The van der Waals surface area contributed by atoms with Crippen molar-refractivity contribution in [2.45, 2.75) is 38.8 Å². The van der Waals surface area contributed by atoms with Crippen molar-refractivity contribution in [2.75, 3.05) is 6.54 Å². The molecule has 1 aromatic heterocycles. The summed E-state index contributed by atoms with van der Waals surface area (Å²) in [5.41, 5.74) is 2.03. The minimum atomic E-state index is -0.0401. The maximum absolute atomic E-state index is 12.0. The summed E-state index contributed by atoms with van der Waals surface area (Å²) in [6, 6.07) is 3.91. The maximum atomic E-state index is 12.0. The first-order chi connectivity index (χ1) is 8.72. The summed E-state index contributed by atoms with van der Waals surface area (Å²) >= 11 is 0. The van der Waals surface area contributed by atoms with Crippen LogP contribution < -0.4 is 10.9 Å². The first-order valence-electron chi connectivity index (χ1n) is 6.40. The highest BCUT2D eigenvalue weighted by molar-refractivity contribution is 5.20. The summed E-state index contributed by atoms with van der Waals surface area (Å²) < 4.78 is 1.56. The largest absolute Gasteiger partial charge is 0.312 e. The molecule has 94 valence electrons. The van der Waals surface area contributed by atoms with Crippen molar-refractivity contribution in [3.05, 3.63) is 27.7 Å². The van der Waals surface area contributed by atoms with Gasteiger partial charge in [0, 0.05) is 37.4 Å². The second kappa shape index (κ2) is 4.21. The number of nitriles is 1. The van der Waals surface area contributed by atoms with Gasteiger partial charge in [0.2, 0.25) is 0 Å². The molecule has 18 heavy (non-hydrogen) atoms. The van der Waals surface area contributed by atoms with Crippen LogP contribution in [0.1, 0.15) is 30.5 Å². The van der Waals surface area contributed by atoms with Gasteiger partial charge < -0.3 is 5.32 Å². The van der Waals surface area contributed by atoms with Crippen molar-refractivity contribution in [3.63, 3.8) is 0 Å². The van der Waals surface area contributed by atoms with Crippen LogP contribution in [-0.4, -0.2) is 16.3 Å². The molecule has 0 atom stereocenters. The van der Waals surface area contributed by atoms with E-state index in [4.69, 9.17) is 5.26 Å². The van der Waals surface area contributed by atoms with Crippen molar-refractivity contribution in [3.8, 4) is 6.07 Å². The van der Waals surface area contributed by atoms with Crippen molar-refractivity contribution >= 4 is 0 Å². The number of rotatable bonds is 3. The van der Waals surface area contributed by atoms with Crippen LogP contribution in [-0.2, 0) is 19.5 Å². The minimum absolute atomic E-state index is 0.0206. The summed E-state index contributed by atoms with van der Waals surface area (Å²) in [5.74, 6) is 0. The van der Waals surface area contributed by atoms with Crippen LogP contribution in [0.5, 0.6) is 0 Å². The van der Waals surface area contributed by atoms with E-state index in [-0.39, 0.29) is 11.0 Å². The minimum Gasteiger partial charge on any atom is -0.312 e. The Morgan fingerprint density at radius 3 is 3.11 bits per heavy atom. The van der Waals surface area contributed by atoms with Crippen LogP contribution in [0.15, 0.2) is 10.9 Å². The Hall–Kier alpha value is -1.67. The summed E-state index contributed by atoms with van der Waals surface area (Å²) in [4.78, 5) is 12.0. The van der Waals surface area contributed by atoms with Gasteiger partial charge in [0.05, 0.1) is 18.3 Å². The zero-order valence-electron chi connectivity index (χ0n) is 10.3. The second-order valence-electron chi connectivity index (χ2n) is 5.37. The predicted octanol–water partition coefficient (Wildman–Crippen LogP) is 0.583. The Labute approximate surface area is 105 Å². The molecule has 0 radical (unpaired) electrons. The lowest BCUT2D eigenvalue weighted by molar-refractivity contribution is 0.385. The Morgan fingerprint density at radius 2 is 2.39 bits per heavy atom. The topological polar surface area (TPSA) is 70.7 Å². The molecule has 1 aromatic rings. The number of nitrogens with zero attached hydrogens (tertiary/aromatic N) is 3. The first-order valence-corrected chi connectivity index (χ1v) is 6.40. The lowest BCUT2D eigenvalue weighted by Crippen LogP contribution is -2.33. The van der Waals surface area contributed by atoms with Gasteiger partial charge in [0.1, 0.15) is 0 Å². The van der Waals surface area contributed by atoms with Gasteiger partial charge in [-0.15, -0.1) is 0 Å². The van der Waals surface area contributed by atoms with E-state index in [9.17, 15) is 4.79 Å². The van der Waals surface area contributed by atoms with Gasteiger partial charge >= 0.3 is 0 Å². The summed E-state index contributed by atoms with van der Waals surface area (Å²) in [5, 5.41) is 16.5. The van der Waals surface area contributed by atoms with Crippen LogP contribution >= 0.6 is 0 Å². The molecule has 5 heteroatoms. The molecule has 0 saturated heterocycles. The molecule has 0 amide bonds. The van der Waals surface area contributed by atoms with Crippen molar-refractivity contribution in [1.82, 2.24) is 15.1 Å². The smallest absolute Gasteiger partial charge is 0.267 e. The van der Waals surface area contributed by atoms with Crippen molar-refractivity contribution < 1.29 is 0 Å². The van der Waals surface area contributed by atoms with Gasteiger partial charge in [-0.2, -0.15) is 10.4 Å². The fourth-order valence-electron chi connectivity index (χ4n) is 2.53. The Balaban J connectivity index is 1.89. The molecular weight excluding hydrogens is 228 g/mol. The zero-order chi connectivity index (χ0) is 12.6. The number of fused-ring (bicyclic) bond motifs is 1. The molecule has 1 aliphatic carbocycles. The molecule has 3 rings (SSSR count). The average molecular weight is 244 g/mol. The molecule has 2 aliphatic rings. The normalized spacial score (nSPS) is 19.9. The molecule has 1 saturated carbocycles. The molecule has 1 fully saturated rings. The van der Waals surface area contributed by atoms with E-state index < -0.39 is 0 Å². The van der Waals surface area contributed by atoms with E-state index >= 15 is 0 Å². The number of hydrogen-bond donors (Lipinski definition) is 1.